The lowest BCUT2D eigenvalue weighted by Gasteiger charge is -2.17. The first-order chi connectivity index (χ1) is 13.1. The van der Waals surface area contributed by atoms with Crippen LogP contribution in [0.5, 0.6) is 0 Å². The first-order valence-corrected chi connectivity index (χ1v) is 9.13. The summed E-state index contributed by atoms with van der Waals surface area (Å²) in [6.45, 7) is 8.25. The average Bonchev–Trinajstić information content (AvgIpc) is 3.09. The molecule has 1 heterocycles. The number of carbonyl (C=O) groups excluding carboxylic acids is 4. The lowest BCUT2D eigenvalue weighted by Crippen LogP contribution is -2.40. The van der Waals surface area contributed by atoms with E-state index < -0.39 is 11.3 Å². The van der Waals surface area contributed by atoms with E-state index in [0.29, 0.717) is 19.5 Å². The summed E-state index contributed by atoms with van der Waals surface area (Å²) in [7, 11) is 0. The van der Waals surface area contributed by atoms with Crippen molar-refractivity contribution in [2.24, 2.45) is 5.41 Å². The van der Waals surface area contributed by atoms with Gasteiger partial charge in [-0.3, -0.25) is 19.2 Å². The third-order valence-corrected chi connectivity index (χ3v) is 3.54. The predicted octanol–water partition coefficient (Wildman–Crippen LogP) is -1.19. The fourth-order valence-corrected chi connectivity index (χ4v) is 1.92. The maximum Gasteiger partial charge on any atom is 0.273 e. The topological polar surface area (TPSA) is 147 Å². The Bertz CT molecular complexity index is 694. The van der Waals surface area contributed by atoms with Crippen molar-refractivity contribution in [3.05, 3.63) is 11.9 Å². The molecule has 11 heteroatoms. The van der Waals surface area contributed by atoms with Gasteiger partial charge in [-0.05, 0) is 0 Å². The quantitative estimate of drug-likeness (QED) is 0.366. The van der Waals surface area contributed by atoms with Gasteiger partial charge in [0, 0.05) is 38.0 Å². The Balaban J connectivity index is 2.30. The van der Waals surface area contributed by atoms with E-state index in [1.54, 1.807) is 27.7 Å². The second kappa shape index (κ2) is 11.0. The molecule has 0 aliphatic rings. The Morgan fingerprint density at radius 3 is 2.11 bits per heavy atom. The minimum atomic E-state index is -0.483. The van der Waals surface area contributed by atoms with Crippen molar-refractivity contribution < 1.29 is 19.2 Å². The van der Waals surface area contributed by atoms with E-state index in [2.05, 4.69) is 31.6 Å². The number of aromatic nitrogens is 3. The van der Waals surface area contributed by atoms with Crippen LogP contribution in [0.1, 0.15) is 44.6 Å². The van der Waals surface area contributed by atoms with Crippen LogP contribution in [0.4, 0.5) is 0 Å². The molecule has 4 N–H and O–H groups in total. The highest BCUT2D eigenvalue weighted by atomic mass is 16.2. The Hall–Kier alpha value is -2.98. The van der Waals surface area contributed by atoms with E-state index in [9.17, 15) is 19.2 Å². The van der Waals surface area contributed by atoms with Gasteiger partial charge in [-0.2, -0.15) is 0 Å². The fraction of sp³-hybridized carbons (Fsp3) is 0.647. The highest BCUT2D eigenvalue weighted by Gasteiger charge is 2.20. The smallest absolute Gasteiger partial charge is 0.273 e. The van der Waals surface area contributed by atoms with E-state index in [-0.39, 0.29) is 43.0 Å². The Labute approximate surface area is 164 Å². The van der Waals surface area contributed by atoms with Crippen LogP contribution in [0.2, 0.25) is 0 Å². The molecule has 0 saturated heterocycles. The van der Waals surface area contributed by atoms with Gasteiger partial charge in [0.2, 0.25) is 17.7 Å². The van der Waals surface area contributed by atoms with E-state index in [1.807, 2.05) is 0 Å². The molecule has 0 saturated carbocycles. The van der Waals surface area contributed by atoms with Gasteiger partial charge in [0.15, 0.2) is 5.69 Å². The van der Waals surface area contributed by atoms with Crippen molar-refractivity contribution in [3.63, 3.8) is 0 Å². The summed E-state index contributed by atoms with van der Waals surface area (Å²) in [5.74, 6) is -0.946. The number of rotatable bonds is 10. The van der Waals surface area contributed by atoms with Crippen LogP contribution in [0.3, 0.4) is 0 Å². The van der Waals surface area contributed by atoms with Gasteiger partial charge >= 0.3 is 0 Å². The summed E-state index contributed by atoms with van der Waals surface area (Å²) in [6.07, 6.45) is 1.74. The van der Waals surface area contributed by atoms with Crippen molar-refractivity contribution in [2.45, 2.75) is 40.7 Å². The van der Waals surface area contributed by atoms with Crippen LogP contribution in [-0.2, 0) is 20.9 Å². The van der Waals surface area contributed by atoms with Gasteiger partial charge in [0.1, 0.15) is 6.54 Å². The molecule has 0 bridgehead atoms. The molecule has 1 aromatic rings. The number of amides is 4. The van der Waals surface area contributed by atoms with Gasteiger partial charge in [-0.25, -0.2) is 4.68 Å². The first kappa shape index (κ1) is 23.1. The first-order valence-electron chi connectivity index (χ1n) is 9.13. The van der Waals surface area contributed by atoms with E-state index >= 15 is 0 Å². The molecular weight excluding hydrogens is 366 g/mol. The zero-order chi connectivity index (χ0) is 21.2. The van der Waals surface area contributed by atoms with Gasteiger partial charge in [0.05, 0.1) is 6.20 Å². The maximum absolute atomic E-state index is 11.9. The van der Waals surface area contributed by atoms with Crippen LogP contribution in [0.25, 0.3) is 0 Å². The number of hydrogen-bond donors (Lipinski definition) is 4. The summed E-state index contributed by atoms with van der Waals surface area (Å²) in [5, 5.41) is 18.1. The summed E-state index contributed by atoms with van der Waals surface area (Å²) < 4.78 is 1.25. The molecule has 0 aliphatic heterocycles. The molecule has 156 valence electrons. The van der Waals surface area contributed by atoms with Crippen LogP contribution in [-0.4, -0.2) is 64.8 Å². The highest BCUT2D eigenvalue weighted by molar-refractivity contribution is 5.92. The maximum atomic E-state index is 11.9. The van der Waals surface area contributed by atoms with Crippen LogP contribution in [0.15, 0.2) is 6.20 Å². The predicted molar refractivity (Wildman–Crippen MR) is 101 cm³/mol. The van der Waals surface area contributed by atoms with Crippen molar-refractivity contribution in [1.29, 1.82) is 0 Å². The molecule has 1 aromatic heterocycles. The normalized spacial score (nSPS) is 10.9. The van der Waals surface area contributed by atoms with Crippen molar-refractivity contribution in [1.82, 2.24) is 36.3 Å². The molecule has 0 unspecified atom stereocenters. The Kier molecular flexibility index (Phi) is 9.06. The SMILES string of the molecule is CCC(=O)NCCNC(=O)c1cn(CC(=O)NCCNC(=O)C(C)(C)C)nn1. The zero-order valence-corrected chi connectivity index (χ0v) is 16.8. The number of nitrogens with one attached hydrogen (secondary N) is 4. The van der Waals surface area contributed by atoms with E-state index in [1.165, 1.54) is 10.9 Å². The monoisotopic (exact) mass is 395 g/mol. The lowest BCUT2D eigenvalue weighted by atomic mass is 9.96. The van der Waals surface area contributed by atoms with E-state index in [0.717, 1.165) is 0 Å². The highest BCUT2D eigenvalue weighted by Crippen LogP contribution is 2.11. The van der Waals surface area contributed by atoms with Crippen molar-refractivity contribution >= 4 is 23.6 Å². The Morgan fingerprint density at radius 1 is 0.929 bits per heavy atom. The molecule has 4 amide bonds. The molecule has 11 nitrogen and oxygen atoms in total. The van der Waals surface area contributed by atoms with Crippen molar-refractivity contribution in [2.75, 3.05) is 26.2 Å². The van der Waals surface area contributed by atoms with Crippen molar-refractivity contribution in [3.8, 4) is 0 Å². The fourth-order valence-electron chi connectivity index (χ4n) is 1.92. The van der Waals surface area contributed by atoms with Gasteiger partial charge in [0.25, 0.3) is 5.91 Å². The minimum Gasteiger partial charge on any atom is -0.354 e. The molecule has 0 aromatic carbocycles. The third kappa shape index (κ3) is 8.60. The molecule has 28 heavy (non-hydrogen) atoms. The number of carbonyl (C=O) groups is 4. The van der Waals surface area contributed by atoms with Crippen LogP contribution < -0.4 is 21.3 Å². The second-order valence-corrected chi connectivity index (χ2v) is 7.12. The van der Waals surface area contributed by atoms with E-state index in [4.69, 9.17) is 0 Å². The molecule has 0 radical (unpaired) electrons. The van der Waals surface area contributed by atoms with Gasteiger partial charge in [-0.15, -0.1) is 5.10 Å². The molecule has 1 rings (SSSR count). The third-order valence-electron chi connectivity index (χ3n) is 3.54. The van der Waals surface area contributed by atoms with Gasteiger partial charge < -0.3 is 21.3 Å². The molecular formula is C17H29N7O4. The molecule has 0 fully saturated rings. The minimum absolute atomic E-state index is 0.0760. The summed E-state index contributed by atoms with van der Waals surface area (Å²) >= 11 is 0. The Morgan fingerprint density at radius 2 is 1.50 bits per heavy atom. The molecule has 0 spiro atoms. The summed E-state index contributed by atoms with van der Waals surface area (Å²) in [4.78, 5) is 46.6. The van der Waals surface area contributed by atoms with Crippen LogP contribution >= 0.6 is 0 Å². The number of hydrogen-bond acceptors (Lipinski definition) is 6. The molecule has 0 atom stereocenters. The second-order valence-electron chi connectivity index (χ2n) is 7.12. The average molecular weight is 395 g/mol. The summed E-state index contributed by atoms with van der Waals surface area (Å²) in [5.41, 5.74) is -0.407. The summed E-state index contributed by atoms with van der Waals surface area (Å²) in [6, 6.07) is 0. The standard InChI is InChI=1S/C17H29N7O4/c1-5-13(25)18-6-8-20-15(27)12-10-24(23-22-12)11-14(26)19-7-9-21-16(28)17(2,3)4/h10H,5-9,11H2,1-4H3,(H,18,25)(H,19,26)(H,20,27)(H,21,28). The number of nitrogens with zero attached hydrogens (tertiary/aromatic N) is 3. The zero-order valence-electron chi connectivity index (χ0n) is 16.8. The van der Waals surface area contributed by atoms with Gasteiger partial charge in [-0.1, -0.05) is 32.9 Å². The van der Waals surface area contributed by atoms with Crippen LogP contribution in [0, 0.1) is 5.41 Å². The molecule has 0 aliphatic carbocycles. The largest absolute Gasteiger partial charge is 0.354 e. The lowest BCUT2D eigenvalue weighted by molar-refractivity contribution is -0.128.